The van der Waals surface area contributed by atoms with Crippen LogP contribution in [-0.2, 0) is 10.2 Å². The second-order valence-electron chi connectivity index (χ2n) is 9.15. The fraction of sp³-hybridized carbons (Fsp3) is 0.346. The van der Waals surface area contributed by atoms with Gasteiger partial charge in [0.05, 0.1) is 17.1 Å². The zero-order chi connectivity index (χ0) is 24.7. The Labute approximate surface area is 209 Å². The van der Waals surface area contributed by atoms with E-state index in [1.54, 1.807) is 4.68 Å². The van der Waals surface area contributed by atoms with E-state index in [-0.39, 0.29) is 23.9 Å². The van der Waals surface area contributed by atoms with Crippen LogP contribution in [0.25, 0.3) is 5.69 Å². The Kier molecular flexibility index (Phi) is 8.50. The molecule has 7 nitrogen and oxygen atoms in total. The van der Waals surface area contributed by atoms with Gasteiger partial charge in [0.1, 0.15) is 12.4 Å². The highest BCUT2D eigenvalue weighted by molar-refractivity contribution is 9.10. The van der Waals surface area contributed by atoms with Crippen molar-refractivity contribution in [2.75, 3.05) is 23.7 Å². The number of hydrogen-bond acceptors (Lipinski definition) is 3. The fourth-order valence-corrected chi connectivity index (χ4v) is 3.70. The molecule has 8 heteroatoms. The number of hydrogen-bond donors (Lipinski definition) is 2. The summed E-state index contributed by atoms with van der Waals surface area (Å²) in [6.07, 6.45) is 1.71. The maximum Gasteiger partial charge on any atom is 0.322 e. The second kappa shape index (κ2) is 11.3. The number of halogens is 1. The summed E-state index contributed by atoms with van der Waals surface area (Å²) in [6, 6.07) is 18.6. The van der Waals surface area contributed by atoms with Crippen molar-refractivity contribution in [2.24, 2.45) is 0 Å². The molecule has 0 unspecified atom stereocenters. The van der Waals surface area contributed by atoms with Gasteiger partial charge in [0.25, 0.3) is 0 Å². The molecule has 0 atom stereocenters. The molecule has 0 aliphatic rings. The van der Waals surface area contributed by atoms with Crippen LogP contribution in [0.4, 0.5) is 16.3 Å². The molecule has 34 heavy (non-hydrogen) atoms. The molecule has 0 radical (unpaired) electrons. The van der Waals surface area contributed by atoms with Crippen molar-refractivity contribution in [1.82, 2.24) is 14.7 Å². The van der Waals surface area contributed by atoms with E-state index in [0.29, 0.717) is 18.1 Å². The van der Waals surface area contributed by atoms with E-state index in [0.717, 1.165) is 28.7 Å². The van der Waals surface area contributed by atoms with Crippen molar-refractivity contribution >= 4 is 39.4 Å². The van der Waals surface area contributed by atoms with E-state index in [4.69, 9.17) is 5.10 Å². The molecule has 0 fully saturated rings. The third-order valence-electron chi connectivity index (χ3n) is 5.26. The first-order valence-corrected chi connectivity index (χ1v) is 12.2. The highest BCUT2D eigenvalue weighted by Crippen LogP contribution is 2.26. The average molecular weight is 526 g/mol. The molecule has 2 N–H and O–H groups in total. The molecule has 3 aromatic rings. The Morgan fingerprint density at radius 3 is 2.35 bits per heavy atom. The summed E-state index contributed by atoms with van der Waals surface area (Å²) in [7, 11) is 0. The molecule has 1 aromatic heterocycles. The lowest BCUT2D eigenvalue weighted by Gasteiger charge is -2.23. The molecule has 0 spiro atoms. The number of rotatable bonds is 8. The van der Waals surface area contributed by atoms with Crippen molar-refractivity contribution in [3.8, 4) is 5.69 Å². The van der Waals surface area contributed by atoms with E-state index in [1.165, 1.54) is 4.90 Å². The number of nitrogens with zero attached hydrogens (tertiary/aromatic N) is 3. The van der Waals surface area contributed by atoms with Gasteiger partial charge in [-0.1, -0.05) is 64.4 Å². The summed E-state index contributed by atoms with van der Waals surface area (Å²) in [6.45, 7) is 8.70. The lowest BCUT2D eigenvalue weighted by molar-refractivity contribution is -0.116. The summed E-state index contributed by atoms with van der Waals surface area (Å²) in [4.78, 5) is 27.6. The lowest BCUT2D eigenvalue weighted by atomic mass is 9.92. The number of carbonyl (C=O) groups excluding carboxylic acids is 2. The van der Waals surface area contributed by atoms with Crippen LogP contribution >= 0.6 is 15.9 Å². The first kappa shape index (κ1) is 25.5. The van der Waals surface area contributed by atoms with Gasteiger partial charge >= 0.3 is 6.03 Å². The summed E-state index contributed by atoms with van der Waals surface area (Å²) in [5, 5.41) is 10.6. The third-order valence-corrected chi connectivity index (χ3v) is 5.96. The van der Waals surface area contributed by atoms with Gasteiger partial charge in [-0.2, -0.15) is 5.10 Å². The van der Waals surface area contributed by atoms with Gasteiger partial charge in [-0.25, -0.2) is 9.48 Å². The van der Waals surface area contributed by atoms with Crippen LogP contribution in [0.15, 0.2) is 65.1 Å². The van der Waals surface area contributed by atoms with E-state index in [1.807, 2.05) is 60.7 Å². The topological polar surface area (TPSA) is 79.3 Å². The maximum atomic E-state index is 13.1. The summed E-state index contributed by atoms with van der Waals surface area (Å²) in [5.74, 6) is 0.290. The first-order valence-electron chi connectivity index (χ1n) is 11.5. The van der Waals surface area contributed by atoms with Crippen LogP contribution in [-0.4, -0.2) is 39.7 Å². The second-order valence-corrected chi connectivity index (χ2v) is 10.00. The summed E-state index contributed by atoms with van der Waals surface area (Å²) in [5.41, 5.74) is 2.19. The Hall–Kier alpha value is -3.13. The van der Waals surface area contributed by atoms with Gasteiger partial charge in [0.2, 0.25) is 5.91 Å². The number of urea groups is 1. The predicted molar refractivity (Wildman–Crippen MR) is 141 cm³/mol. The Balaban J connectivity index is 1.79. The largest absolute Gasteiger partial charge is 0.322 e. The van der Waals surface area contributed by atoms with Gasteiger partial charge in [0, 0.05) is 22.5 Å². The number of nitrogens with one attached hydrogen (secondary N) is 2. The van der Waals surface area contributed by atoms with Crippen molar-refractivity contribution < 1.29 is 9.59 Å². The van der Waals surface area contributed by atoms with Crippen LogP contribution in [0.5, 0.6) is 0 Å². The number of para-hydroxylation sites is 2. The predicted octanol–water partition coefficient (Wildman–Crippen LogP) is 6.21. The van der Waals surface area contributed by atoms with Gasteiger partial charge in [-0.15, -0.1) is 0 Å². The van der Waals surface area contributed by atoms with Crippen molar-refractivity contribution in [3.63, 3.8) is 0 Å². The van der Waals surface area contributed by atoms with Crippen LogP contribution < -0.4 is 10.6 Å². The number of anilines is 2. The standard InChI is InChI=1S/C26H32BrN5O2/c1-5-6-16-31(25(34)28-21-15-11-10-14-20(21)27)18-24(33)29-23-17-22(26(2,3)4)30-32(23)19-12-8-7-9-13-19/h7-15,17H,5-6,16,18H2,1-4H3,(H,28,34)(H,29,33). The van der Waals surface area contributed by atoms with E-state index in [9.17, 15) is 9.59 Å². The van der Waals surface area contributed by atoms with Gasteiger partial charge in [0.15, 0.2) is 0 Å². The van der Waals surface area contributed by atoms with Crippen LogP contribution in [0.3, 0.4) is 0 Å². The molecule has 1 heterocycles. The zero-order valence-electron chi connectivity index (χ0n) is 20.1. The minimum atomic E-state index is -0.317. The summed E-state index contributed by atoms with van der Waals surface area (Å²) >= 11 is 3.45. The van der Waals surface area contributed by atoms with Crippen molar-refractivity contribution in [1.29, 1.82) is 0 Å². The maximum absolute atomic E-state index is 13.1. The molecule has 180 valence electrons. The minimum absolute atomic E-state index is 0.0683. The number of carbonyl (C=O) groups is 2. The normalized spacial score (nSPS) is 11.2. The van der Waals surface area contributed by atoms with Crippen LogP contribution in [0, 0.1) is 0 Å². The highest BCUT2D eigenvalue weighted by Gasteiger charge is 2.23. The number of unbranched alkanes of at least 4 members (excludes halogenated alkanes) is 1. The third kappa shape index (κ3) is 6.70. The van der Waals surface area contributed by atoms with E-state index >= 15 is 0 Å². The highest BCUT2D eigenvalue weighted by atomic mass is 79.9. The lowest BCUT2D eigenvalue weighted by Crippen LogP contribution is -2.41. The Morgan fingerprint density at radius 1 is 1.03 bits per heavy atom. The van der Waals surface area contributed by atoms with Crippen LogP contribution in [0.1, 0.15) is 46.2 Å². The number of aromatic nitrogens is 2. The first-order chi connectivity index (χ1) is 16.2. The molecule has 3 amide bonds. The monoisotopic (exact) mass is 525 g/mol. The number of benzene rings is 2. The molecule has 0 bridgehead atoms. The molecule has 0 aliphatic carbocycles. The number of amides is 3. The minimum Gasteiger partial charge on any atom is -0.315 e. The molecule has 0 saturated carbocycles. The van der Waals surface area contributed by atoms with E-state index < -0.39 is 0 Å². The molecule has 3 rings (SSSR count). The van der Waals surface area contributed by atoms with Crippen molar-refractivity contribution in [3.05, 3.63) is 70.8 Å². The Morgan fingerprint density at radius 2 is 1.71 bits per heavy atom. The molecule has 0 aliphatic heterocycles. The van der Waals surface area contributed by atoms with E-state index in [2.05, 4.69) is 54.3 Å². The molecular formula is C26H32BrN5O2. The molecular weight excluding hydrogens is 494 g/mol. The fourth-order valence-electron chi connectivity index (χ4n) is 3.32. The quantitative estimate of drug-likeness (QED) is 0.367. The Bertz CT molecular complexity index is 1120. The van der Waals surface area contributed by atoms with Crippen LogP contribution in [0.2, 0.25) is 0 Å². The van der Waals surface area contributed by atoms with Gasteiger partial charge in [-0.05, 0) is 46.6 Å². The van der Waals surface area contributed by atoms with Crippen molar-refractivity contribution in [2.45, 2.75) is 46.0 Å². The average Bonchev–Trinajstić information content (AvgIpc) is 3.23. The van der Waals surface area contributed by atoms with Gasteiger partial charge < -0.3 is 15.5 Å². The SMILES string of the molecule is CCCCN(CC(=O)Nc1cc(C(C)(C)C)nn1-c1ccccc1)C(=O)Nc1ccccc1Br. The zero-order valence-corrected chi connectivity index (χ0v) is 21.7. The smallest absolute Gasteiger partial charge is 0.315 e. The van der Waals surface area contributed by atoms with Gasteiger partial charge in [-0.3, -0.25) is 4.79 Å². The molecule has 2 aromatic carbocycles. The summed E-state index contributed by atoms with van der Waals surface area (Å²) < 4.78 is 2.51. The molecule has 0 saturated heterocycles.